The molecule has 0 bridgehead atoms. The van der Waals surface area contributed by atoms with Crippen LogP contribution >= 0.6 is 22.6 Å². The topological polar surface area (TPSA) is 70.1 Å². The summed E-state index contributed by atoms with van der Waals surface area (Å²) in [6.45, 7) is 5.48. The summed E-state index contributed by atoms with van der Waals surface area (Å²) in [5, 5.41) is 10.2. The molecule has 6 nitrogen and oxygen atoms in total. The smallest absolute Gasteiger partial charge is 0.264 e. The number of alkyl halides is 1. The molecule has 3 heterocycles. The van der Waals surface area contributed by atoms with Gasteiger partial charge in [-0.1, -0.05) is 61.5 Å². The second kappa shape index (κ2) is 11.0. The Morgan fingerprint density at radius 1 is 1.10 bits per heavy atom. The van der Waals surface area contributed by atoms with E-state index in [1.165, 1.54) is 13.8 Å². The zero-order chi connectivity index (χ0) is 29.8. The third kappa shape index (κ3) is 4.85. The van der Waals surface area contributed by atoms with Crippen LogP contribution < -0.4 is 4.90 Å². The van der Waals surface area contributed by atoms with Gasteiger partial charge >= 0.3 is 0 Å². The number of hydrogen-bond donors (Lipinski definition) is 1. The van der Waals surface area contributed by atoms with E-state index < -0.39 is 29.2 Å². The Kier molecular flexibility index (Phi) is 7.68. The SMILES string of the molecule is C[C@@H]1[C@@H](C(C)(C)F)[C@H](CC(=O)N2Cc3ccccc3C[C@H]2CO)O[C@@]12C(=O)N(Cc1cccc(I)c1)c1ccccc12. The molecular formula is C34H36FIN2O4. The number of anilines is 1. The number of carbonyl (C=O) groups is 2. The summed E-state index contributed by atoms with van der Waals surface area (Å²) in [4.78, 5) is 31.8. The number of hydrogen-bond acceptors (Lipinski definition) is 4. The molecule has 2 amide bonds. The average Bonchev–Trinajstić information content (AvgIpc) is 3.38. The van der Waals surface area contributed by atoms with Gasteiger partial charge in [-0.05, 0) is 77.7 Å². The molecule has 1 spiro atoms. The number of ether oxygens (including phenoxy) is 1. The molecule has 3 aromatic rings. The minimum absolute atomic E-state index is 0.0743. The fourth-order valence-corrected chi connectivity index (χ4v) is 8.12. The van der Waals surface area contributed by atoms with Gasteiger partial charge in [0.15, 0.2) is 5.60 Å². The number of amides is 2. The summed E-state index contributed by atoms with van der Waals surface area (Å²) in [7, 11) is 0. The lowest BCUT2D eigenvalue weighted by molar-refractivity contribution is -0.151. The number of nitrogens with zero attached hydrogens (tertiary/aromatic N) is 2. The number of halogens is 2. The van der Waals surface area contributed by atoms with Crippen molar-refractivity contribution in [2.45, 2.75) is 70.1 Å². The standard InChI is InChI=1S/C34H36FIN2O4/c1-21-31(33(2,3)35)29(17-30(40)37-19-24-11-5-4-10-23(24)16-26(37)20-39)42-34(21)27-13-6-7-14-28(27)38(32(34)41)18-22-9-8-12-25(36)15-22/h4-15,21,26,29,31,39H,16-20H2,1-3H3/t21-,26+,29+,31-,34+/m1/s1. The van der Waals surface area contributed by atoms with E-state index in [0.717, 1.165) is 31.5 Å². The Morgan fingerprint density at radius 3 is 2.52 bits per heavy atom. The highest BCUT2D eigenvalue weighted by molar-refractivity contribution is 14.1. The maximum Gasteiger partial charge on any atom is 0.264 e. The summed E-state index contributed by atoms with van der Waals surface area (Å²) < 4.78 is 23.9. The molecule has 0 saturated carbocycles. The third-order valence-corrected chi connectivity index (χ3v) is 10.0. The average molecular weight is 683 g/mol. The van der Waals surface area contributed by atoms with Crippen molar-refractivity contribution in [2.24, 2.45) is 11.8 Å². The summed E-state index contributed by atoms with van der Waals surface area (Å²) in [6.07, 6.45) is -0.338. The zero-order valence-corrected chi connectivity index (χ0v) is 26.3. The van der Waals surface area contributed by atoms with Gasteiger partial charge in [0.25, 0.3) is 5.91 Å². The van der Waals surface area contributed by atoms with Crippen LogP contribution in [0, 0.1) is 15.4 Å². The largest absolute Gasteiger partial charge is 0.394 e. The van der Waals surface area contributed by atoms with Crippen LogP contribution in [0.2, 0.25) is 0 Å². The molecule has 0 unspecified atom stereocenters. The first-order valence-electron chi connectivity index (χ1n) is 14.5. The van der Waals surface area contributed by atoms with Gasteiger partial charge in [-0.2, -0.15) is 0 Å². The van der Waals surface area contributed by atoms with Crippen molar-refractivity contribution in [2.75, 3.05) is 11.5 Å². The van der Waals surface area contributed by atoms with Crippen LogP contribution in [0.4, 0.5) is 10.1 Å². The van der Waals surface area contributed by atoms with Crippen molar-refractivity contribution in [3.05, 3.63) is 98.6 Å². The Balaban J connectivity index is 1.34. The van der Waals surface area contributed by atoms with Crippen LogP contribution in [0.1, 0.15) is 49.4 Å². The lowest BCUT2D eigenvalue weighted by Gasteiger charge is -2.37. The van der Waals surface area contributed by atoms with Gasteiger partial charge in [-0.3, -0.25) is 9.59 Å². The van der Waals surface area contributed by atoms with E-state index in [1.807, 2.05) is 79.7 Å². The van der Waals surface area contributed by atoms with Gasteiger partial charge in [0.05, 0.1) is 37.4 Å². The summed E-state index contributed by atoms with van der Waals surface area (Å²) in [5.41, 5.74) is 1.51. The second-order valence-electron chi connectivity index (χ2n) is 12.3. The van der Waals surface area contributed by atoms with Crippen LogP contribution in [-0.4, -0.2) is 46.2 Å². The van der Waals surface area contributed by atoms with Gasteiger partial charge in [0, 0.05) is 27.5 Å². The predicted molar refractivity (Wildman–Crippen MR) is 167 cm³/mol. The molecule has 5 atom stereocenters. The quantitative estimate of drug-likeness (QED) is 0.336. The van der Waals surface area contributed by atoms with E-state index in [-0.39, 0.29) is 30.9 Å². The molecule has 0 aliphatic carbocycles. The van der Waals surface area contributed by atoms with Crippen molar-refractivity contribution >= 4 is 40.1 Å². The van der Waals surface area contributed by atoms with Gasteiger partial charge in [-0.25, -0.2) is 4.39 Å². The Morgan fingerprint density at radius 2 is 1.81 bits per heavy atom. The molecule has 6 rings (SSSR count). The Bertz CT molecular complexity index is 1520. The predicted octanol–water partition coefficient (Wildman–Crippen LogP) is 5.77. The molecule has 220 valence electrons. The van der Waals surface area contributed by atoms with Crippen LogP contribution in [0.5, 0.6) is 0 Å². The van der Waals surface area contributed by atoms with Gasteiger partial charge in [0.2, 0.25) is 5.91 Å². The molecule has 3 aliphatic heterocycles. The van der Waals surface area contributed by atoms with E-state index in [0.29, 0.717) is 19.5 Å². The summed E-state index contributed by atoms with van der Waals surface area (Å²) in [5.74, 6) is -1.66. The zero-order valence-electron chi connectivity index (χ0n) is 24.1. The Hall–Kier alpha value is -2.82. The molecule has 42 heavy (non-hydrogen) atoms. The normalized spacial score (nSPS) is 27.0. The number of fused-ring (bicyclic) bond motifs is 3. The van der Waals surface area contributed by atoms with Crippen LogP contribution in [0.15, 0.2) is 72.8 Å². The highest BCUT2D eigenvalue weighted by Gasteiger charge is 2.66. The van der Waals surface area contributed by atoms with Crippen molar-refractivity contribution in [3.8, 4) is 0 Å². The Labute approximate surface area is 260 Å². The number of benzene rings is 3. The number of aliphatic hydroxyl groups excluding tert-OH is 1. The van der Waals surface area contributed by atoms with Crippen LogP contribution in [0.25, 0.3) is 0 Å². The number of carbonyl (C=O) groups excluding carboxylic acids is 2. The van der Waals surface area contributed by atoms with Crippen molar-refractivity contribution < 1.29 is 23.8 Å². The van der Waals surface area contributed by atoms with Crippen molar-refractivity contribution in [1.82, 2.24) is 4.90 Å². The first-order valence-corrected chi connectivity index (χ1v) is 15.6. The van der Waals surface area contributed by atoms with E-state index in [1.54, 1.807) is 9.80 Å². The number of para-hydroxylation sites is 1. The molecular weight excluding hydrogens is 646 g/mol. The van der Waals surface area contributed by atoms with Gasteiger partial charge < -0.3 is 19.6 Å². The highest BCUT2D eigenvalue weighted by Crippen LogP contribution is 2.58. The lowest BCUT2D eigenvalue weighted by Crippen LogP contribution is -2.48. The van der Waals surface area contributed by atoms with E-state index in [2.05, 4.69) is 22.6 Å². The fourth-order valence-electron chi connectivity index (χ4n) is 7.51. The second-order valence-corrected chi connectivity index (χ2v) is 13.6. The molecule has 1 saturated heterocycles. The molecule has 1 fully saturated rings. The summed E-state index contributed by atoms with van der Waals surface area (Å²) in [6, 6.07) is 23.2. The molecule has 8 heteroatoms. The third-order valence-electron chi connectivity index (χ3n) is 9.36. The van der Waals surface area contributed by atoms with E-state index in [4.69, 9.17) is 4.74 Å². The van der Waals surface area contributed by atoms with Crippen LogP contribution in [0.3, 0.4) is 0 Å². The first-order chi connectivity index (χ1) is 20.0. The molecule has 0 radical (unpaired) electrons. The highest BCUT2D eigenvalue weighted by atomic mass is 127. The van der Waals surface area contributed by atoms with Gasteiger partial charge in [0.1, 0.15) is 5.67 Å². The van der Waals surface area contributed by atoms with Crippen molar-refractivity contribution in [1.29, 1.82) is 0 Å². The molecule has 3 aromatic carbocycles. The van der Waals surface area contributed by atoms with E-state index in [9.17, 15) is 14.7 Å². The molecule has 1 N–H and O–H groups in total. The molecule has 3 aliphatic rings. The number of rotatable bonds is 6. The molecule has 0 aromatic heterocycles. The minimum atomic E-state index is -1.71. The van der Waals surface area contributed by atoms with Crippen molar-refractivity contribution in [3.63, 3.8) is 0 Å². The van der Waals surface area contributed by atoms with Gasteiger partial charge in [-0.15, -0.1) is 0 Å². The lowest BCUT2D eigenvalue weighted by atomic mass is 9.71. The fraction of sp³-hybridized carbons (Fsp3) is 0.412. The minimum Gasteiger partial charge on any atom is -0.394 e. The van der Waals surface area contributed by atoms with E-state index >= 15 is 4.39 Å². The number of aliphatic hydroxyl groups is 1. The van der Waals surface area contributed by atoms with Crippen LogP contribution in [-0.2, 0) is 39.4 Å². The maximum absolute atomic E-state index is 16.1. The first kappa shape index (κ1) is 29.3. The monoisotopic (exact) mass is 682 g/mol. The maximum atomic E-state index is 16.1. The summed E-state index contributed by atoms with van der Waals surface area (Å²) >= 11 is 2.26.